The minimum atomic E-state index is -3.46. The Morgan fingerprint density at radius 3 is 2.50 bits per heavy atom. The number of aliphatic hydroxyl groups excluding tert-OH is 1. The van der Waals surface area contributed by atoms with E-state index >= 15 is 0 Å². The van der Waals surface area contributed by atoms with E-state index in [0.717, 1.165) is 0 Å². The highest BCUT2D eigenvalue weighted by atomic mass is 32.2. The van der Waals surface area contributed by atoms with Gasteiger partial charge in [0, 0.05) is 5.92 Å². The van der Waals surface area contributed by atoms with Crippen LogP contribution in [0, 0.1) is 5.92 Å². The fourth-order valence-corrected chi connectivity index (χ4v) is 4.07. The molecule has 86 valence electrons. The van der Waals surface area contributed by atoms with Crippen molar-refractivity contribution in [1.29, 1.82) is 0 Å². The van der Waals surface area contributed by atoms with Crippen molar-refractivity contribution in [3.63, 3.8) is 0 Å². The van der Waals surface area contributed by atoms with E-state index in [1.54, 1.807) is 36.4 Å². The summed E-state index contributed by atoms with van der Waals surface area (Å²) in [5, 5.41) is 9.33. The van der Waals surface area contributed by atoms with Gasteiger partial charge in [-0.2, -0.15) is 0 Å². The number of rotatable bonds is 4. The molecule has 0 aliphatic heterocycles. The van der Waals surface area contributed by atoms with Crippen molar-refractivity contribution in [3.8, 4) is 0 Å². The van der Waals surface area contributed by atoms with E-state index < -0.39 is 14.6 Å². The third kappa shape index (κ3) is 1.41. The van der Waals surface area contributed by atoms with Gasteiger partial charge in [-0.25, -0.2) is 8.42 Å². The first-order chi connectivity index (χ1) is 7.58. The topological polar surface area (TPSA) is 54.4 Å². The molecule has 1 aliphatic carbocycles. The Bertz CT molecular complexity index is 492. The third-order valence-electron chi connectivity index (χ3n) is 3.22. The van der Waals surface area contributed by atoms with Crippen molar-refractivity contribution >= 4 is 9.84 Å². The van der Waals surface area contributed by atoms with Crippen molar-refractivity contribution in [2.75, 3.05) is 6.61 Å². The van der Waals surface area contributed by atoms with Crippen LogP contribution < -0.4 is 0 Å². The lowest BCUT2D eigenvalue weighted by Crippen LogP contribution is -2.29. The highest BCUT2D eigenvalue weighted by molar-refractivity contribution is 7.93. The summed E-state index contributed by atoms with van der Waals surface area (Å²) in [5.74, 6) is -0.136. The molecular weight excluding hydrogens is 224 g/mol. The lowest BCUT2D eigenvalue weighted by atomic mass is 10.3. The summed E-state index contributed by atoms with van der Waals surface area (Å²) in [6, 6.07) is 8.26. The molecule has 2 rings (SSSR count). The van der Waals surface area contributed by atoms with E-state index in [1.807, 2.05) is 0 Å². The molecule has 1 saturated carbocycles. The molecule has 0 radical (unpaired) electrons. The van der Waals surface area contributed by atoms with Crippen molar-refractivity contribution in [3.05, 3.63) is 43.0 Å². The first-order valence-electron chi connectivity index (χ1n) is 5.11. The second kappa shape index (κ2) is 3.71. The average Bonchev–Trinajstić information content (AvgIpc) is 3.05. The summed E-state index contributed by atoms with van der Waals surface area (Å²) < 4.78 is 23.6. The van der Waals surface area contributed by atoms with E-state index in [4.69, 9.17) is 0 Å². The predicted molar refractivity (Wildman–Crippen MR) is 61.7 cm³/mol. The van der Waals surface area contributed by atoms with Crippen LogP contribution in [-0.4, -0.2) is 24.9 Å². The molecule has 2 atom stereocenters. The smallest absolute Gasteiger partial charge is 0.186 e. The Morgan fingerprint density at radius 2 is 2.06 bits per heavy atom. The van der Waals surface area contributed by atoms with Gasteiger partial charge in [0.2, 0.25) is 0 Å². The van der Waals surface area contributed by atoms with E-state index in [9.17, 15) is 13.5 Å². The summed E-state index contributed by atoms with van der Waals surface area (Å²) in [6.45, 7) is 3.25. The van der Waals surface area contributed by atoms with Crippen molar-refractivity contribution in [1.82, 2.24) is 0 Å². The lowest BCUT2D eigenvalue weighted by molar-refractivity contribution is 0.279. The van der Waals surface area contributed by atoms with Crippen LogP contribution in [0.5, 0.6) is 0 Å². The Labute approximate surface area is 95.3 Å². The molecular formula is C12H14O3S. The zero-order valence-electron chi connectivity index (χ0n) is 8.83. The Kier molecular flexibility index (Phi) is 2.64. The van der Waals surface area contributed by atoms with Crippen LogP contribution in [0.3, 0.4) is 0 Å². The molecule has 1 aromatic rings. The molecule has 1 aliphatic rings. The Balaban J connectivity index is 2.45. The Hall–Kier alpha value is -1.13. The van der Waals surface area contributed by atoms with Gasteiger partial charge in [-0.1, -0.05) is 24.3 Å². The summed E-state index contributed by atoms with van der Waals surface area (Å²) in [6.07, 6.45) is 2.07. The number of benzene rings is 1. The number of allylic oxidation sites excluding steroid dienone is 1. The van der Waals surface area contributed by atoms with Gasteiger partial charge in [0.15, 0.2) is 9.84 Å². The van der Waals surface area contributed by atoms with Crippen LogP contribution in [0.1, 0.15) is 6.42 Å². The fourth-order valence-electron chi connectivity index (χ4n) is 2.02. The first-order valence-corrected chi connectivity index (χ1v) is 6.60. The molecule has 1 fully saturated rings. The number of hydrogen-bond donors (Lipinski definition) is 1. The van der Waals surface area contributed by atoms with Crippen molar-refractivity contribution < 1.29 is 13.5 Å². The molecule has 1 N–H and O–H groups in total. The SMILES string of the molecule is C=C[C@H]1C[C@]1(CO)S(=O)(=O)c1ccccc1. The molecule has 0 saturated heterocycles. The van der Waals surface area contributed by atoms with Crippen LogP contribution in [0.25, 0.3) is 0 Å². The summed E-state index contributed by atoms with van der Waals surface area (Å²) >= 11 is 0. The molecule has 0 bridgehead atoms. The summed E-state index contributed by atoms with van der Waals surface area (Å²) in [5.41, 5.74) is 0. The molecule has 16 heavy (non-hydrogen) atoms. The highest BCUT2D eigenvalue weighted by Crippen LogP contribution is 2.52. The predicted octanol–water partition coefficient (Wildman–Crippen LogP) is 1.40. The standard InChI is InChI=1S/C12H14O3S/c1-2-10-8-12(10,9-13)16(14,15)11-6-4-3-5-7-11/h2-7,10,13H,1,8-9H2/t10-,12+/m0/s1. The normalized spacial score (nSPS) is 28.7. The molecule has 0 spiro atoms. The largest absolute Gasteiger partial charge is 0.395 e. The highest BCUT2D eigenvalue weighted by Gasteiger charge is 2.62. The van der Waals surface area contributed by atoms with Crippen LogP contribution in [-0.2, 0) is 9.84 Å². The van der Waals surface area contributed by atoms with Gasteiger partial charge in [0.1, 0.15) is 4.75 Å². The van der Waals surface area contributed by atoms with Gasteiger partial charge in [-0.15, -0.1) is 6.58 Å². The molecule has 0 amide bonds. The quantitative estimate of drug-likeness (QED) is 0.807. The van der Waals surface area contributed by atoms with E-state index in [-0.39, 0.29) is 17.4 Å². The number of hydrogen-bond acceptors (Lipinski definition) is 3. The van der Waals surface area contributed by atoms with Crippen molar-refractivity contribution in [2.45, 2.75) is 16.1 Å². The van der Waals surface area contributed by atoms with Gasteiger partial charge in [0.05, 0.1) is 11.5 Å². The lowest BCUT2D eigenvalue weighted by Gasteiger charge is -2.14. The van der Waals surface area contributed by atoms with Gasteiger partial charge in [-0.3, -0.25) is 0 Å². The minimum absolute atomic E-state index is 0.136. The van der Waals surface area contributed by atoms with Gasteiger partial charge in [0.25, 0.3) is 0 Å². The second-order valence-electron chi connectivity index (χ2n) is 4.09. The van der Waals surface area contributed by atoms with Gasteiger partial charge < -0.3 is 5.11 Å². The molecule has 0 unspecified atom stereocenters. The van der Waals surface area contributed by atoms with Gasteiger partial charge in [-0.05, 0) is 18.6 Å². The maximum atomic E-state index is 12.3. The second-order valence-corrected chi connectivity index (χ2v) is 6.38. The maximum absolute atomic E-state index is 12.3. The van der Waals surface area contributed by atoms with Crippen LogP contribution >= 0.6 is 0 Å². The van der Waals surface area contributed by atoms with E-state index in [0.29, 0.717) is 6.42 Å². The van der Waals surface area contributed by atoms with E-state index in [2.05, 4.69) is 6.58 Å². The van der Waals surface area contributed by atoms with Crippen LogP contribution in [0.15, 0.2) is 47.9 Å². The summed E-state index contributed by atoms with van der Waals surface area (Å²) in [7, 11) is -3.46. The van der Waals surface area contributed by atoms with Gasteiger partial charge >= 0.3 is 0 Å². The van der Waals surface area contributed by atoms with E-state index in [1.165, 1.54) is 0 Å². The van der Waals surface area contributed by atoms with Crippen LogP contribution in [0.2, 0.25) is 0 Å². The van der Waals surface area contributed by atoms with Crippen LogP contribution in [0.4, 0.5) is 0 Å². The maximum Gasteiger partial charge on any atom is 0.186 e. The van der Waals surface area contributed by atoms with Crippen molar-refractivity contribution in [2.24, 2.45) is 5.92 Å². The zero-order chi connectivity index (χ0) is 11.8. The minimum Gasteiger partial charge on any atom is -0.395 e. The molecule has 0 aromatic heterocycles. The molecule has 3 nitrogen and oxygen atoms in total. The fraction of sp³-hybridized carbons (Fsp3) is 0.333. The molecule has 1 aromatic carbocycles. The Morgan fingerprint density at radius 1 is 1.44 bits per heavy atom. The summed E-state index contributed by atoms with van der Waals surface area (Å²) in [4.78, 5) is 0.272. The average molecular weight is 238 g/mol. The number of sulfone groups is 1. The zero-order valence-corrected chi connectivity index (χ0v) is 9.65. The first kappa shape index (κ1) is 11.4. The monoisotopic (exact) mass is 238 g/mol. The molecule has 0 heterocycles. The molecule has 4 heteroatoms. The third-order valence-corrected chi connectivity index (χ3v) is 5.78. The number of aliphatic hydroxyl groups is 1.